The first-order valence-electron chi connectivity index (χ1n) is 7.40. The standard InChI is InChI=1S/C17H15N3O4/c1-11-17(14-4-2-3-5-16(14)18-11)15(10-19(21)22)12-6-8-13(9-7-12)20(23)24/h2-9,15,18H,10H2,1H3. The van der Waals surface area contributed by atoms with Crippen molar-refractivity contribution in [1.82, 2.24) is 4.98 Å². The second-order valence-corrected chi connectivity index (χ2v) is 5.63. The van der Waals surface area contributed by atoms with Crippen molar-refractivity contribution in [3.05, 3.63) is 85.6 Å². The summed E-state index contributed by atoms with van der Waals surface area (Å²) >= 11 is 0. The minimum atomic E-state index is -0.483. The smallest absolute Gasteiger partial charge is 0.269 e. The quantitative estimate of drug-likeness (QED) is 0.569. The Kier molecular flexibility index (Phi) is 3.99. The Bertz CT molecular complexity index is 915. The molecule has 0 amide bonds. The molecule has 1 atom stereocenters. The van der Waals surface area contributed by atoms with Gasteiger partial charge in [0.05, 0.1) is 10.8 Å². The van der Waals surface area contributed by atoms with Crippen molar-refractivity contribution in [2.24, 2.45) is 0 Å². The highest BCUT2D eigenvalue weighted by Crippen LogP contribution is 2.34. The van der Waals surface area contributed by atoms with Crippen LogP contribution in [-0.2, 0) is 0 Å². The highest BCUT2D eigenvalue weighted by Gasteiger charge is 2.25. The third-order valence-electron chi connectivity index (χ3n) is 4.13. The van der Waals surface area contributed by atoms with Gasteiger partial charge in [0.25, 0.3) is 5.69 Å². The number of nitro benzene ring substituents is 1. The Morgan fingerprint density at radius 1 is 1.04 bits per heavy atom. The fraction of sp³-hybridized carbons (Fsp3) is 0.176. The minimum absolute atomic E-state index is 0.0331. The molecule has 7 heteroatoms. The van der Waals surface area contributed by atoms with E-state index in [1.54, 1.807) is 12.1 Å². The Morgan fingerprint density at radius 2 is 1.71 bits per heavy atom. The second-order valence-electron chi connectivity index (χ2n) is 5.63. The summed E-state index contributed by atoms with van der Waals surface area (Å²) in [7, 11) is 0. The summed E-state index contributed by atoms with van der Waals surface area (Å²) in [6.45, 7) is 1.61. The molecule has 24 heavy (non-hydrogen) atoms. The molecule has 0 aliphatic carbocycles. The molecule has 0 saturated carbocycles. The number of fused-ring (bicyclic) bond motifs is 1. The highest BCUT2D eigenvalue weighted by atomic mass is 16.6. The zero-order valence-corrected chi connectivity index (χ0v) is 12.9. The van der Waals surface area contributed by atoms with Gasteiger partial charge in [0.2, 0.25) is 6.54 Å². The molecule has 122 valence electrons. The highest BCUT2D eigenvalue weighted by molar-refractivity contribution is 5.85. The predicted molar refractivity (Wildman–Crippen MR) is 89.8 cm³/mol. The molecule has 3 aromatic rings. The van der Waals surface area contributed by atoms with Crippen molar-refractivity contribution >= 4 is 16.6 Å². The van der Waals surface area contributed by atoms with Crippen LogP contribution in [0.1, 0.15) is 22.7 Å². The Labute approximate surface area is 137 Å². The number of nitrogens with zero attached hydrogens (tertiary/aromatic N) is 2. The van der Waals surface area contributed by atoms with E-state index in [1.807, 2.05) is 31.2 Å². The van der Waals surface area contributed by atoms with Crippen LogP contribution in [0.4, 0.5) is 5.69 Å². The molecule has 0 saturated heterocycles. The van der Waals surface area contributed by atoms with Crippen molar-refractivity contribution in [2.45, 2.75) is 12.8 Å². The monoisotopic (exact) mass is 325 g/mol. The second kappa shape index (κ2) is 6.11. The van der Waals surface area contributed by atoms with E-state index in [-0.39, 0.29) is 17.2 Å². The number of aryl methyl sites for hydroxylation is 1. The van der Waals surface area contributed by atoms with Crippen LogP contribution in [0.2, 0.25) is 0 Å². The van der Waals surface area contributed by atoms with Crippen molar-refractivity contribution < 1.29 is 9.85 Å². The van der Waals surface area contributed by atoms with Crippen LogP contribution >= 0.6 is 0 Å². The number of non-ortho nitro benzene ring substituents is 1. The molecule has 2 aromatic carbocycles. The summed E-state index contributed by atoms with van der Waals surface area (Å²) < 4.78 is 0. The fourth-order valence-corrected chi connectivity index (χ4v) is 3.09. The van der Waals surface area contributed by atoms with Gasteiger partial charge in [-0.2, -0.15) is 0 Å². The summed E-state index contributed by atoms with van der Waals surface area (Å²) in [5, 5.41) is 22.9. The molecule has 0 spiro atoms. The SMILES string of the molecule is Cc1[nH]c2ccccc2c1C(C[N+](=O)[O-])c1ccc([N+](=O)[O-])cc1. The maximum absolute atomic E-state index is 11.2. The lowest BCUT2D eigenvalue weighted by atomic mass is 9.89. The number of para-hydroxylation sites is 1. The molecule has 1 unspecified atom stereocenters. The van der Waals surface area contributed by atoms with Crippen LogP contribution in [0.3, 0.4) is 0 Å². The molecular formula is C17H15N3O4. The molecular weight excluding hydrogens is 310 g/mol. The molecule has 0 fully saturated rings. The summed E-state index contributed by atoms with van der Waals surface area (Å²) in [5.41, 5.74) is 3.29. The molecule has 1 N–H and O–H groups in total. The van der Waals surface area contributed by atoms with Gasteiger partial charge in [-0.25, -0.2) is 0 Å². The van der Waals surface area contributed by atoms with Crippen LogP contribution in [0.15, 0.2) is 48.5 Å². The Morgan fingerprint density at radius 3 is 2.33 bits per heavy atom. The number of aromatic nitrogens is 1. The average molecular weight is 325 g/mol. The summed E-state index contributed by atoms with van der Waals surface area (Å²) in [6.07, 6.45) is 0. The van der Waals surface area contributed by atoms with E-state index in [0.717, 1.165) is 22.2 Å². The van der Waals surface area contributed by atoms with Crippen LogP contribution in [0, 0.1) is 27.2 Å². The Balaban J connectivity index is 2.13. The van der Waals surface area contributed by atoms with E-state index >= 15 is 0 Å². The lowest BCUT2D eigenvalue weighted by molar-refractivity contribution is -0.481. The van der Waals surface area contributed by atoms with Crippen molar-refractivity contribution in [3.8, 4) is 0 Å². The fourth-order valence-electron chi connectivity index (χ4n) is 3.09. The van der Waals surface area contributed by atoms with Crippen molar-refractivity contribution in [3.63, 3.8) is 0 Å². The first-order chi connectivity index (χ1) is 11.5. The van der Waals surface area contributed by atoms with E-state index in [4.69, 9.17) is 0 Å². The molecule has 0 bridgehead atoms. The van der Waals surface area contributed by atoms with E-state index in [1.165, 1.54) is 12.1 Å². The molecule has 0 radical (unpaired) electrons. The normalized spacial score (nSPS) is 12.2. The number of nitro groups is 2. The number of nitrogens with one attached hydrogen (secondary N) is 1. The molecule has 0 aliphatic heterocycles. The van der Waals surface area contributed by atoms with Gasteiger partial charge in [-0.15, -0.1) is 0 Å². The van der Waals surface area contributed by atoms with E-state index < -0.39 is 10.8 Å². The van der Waals surface area contributed by atoms with Gasteiger partial charge in [0.15, 0.2) is 0 Å². The largest absolute Gasteiger partial charge is 0.358 e. The van der Waals surface area contributed by atoms with E-state index in [0.29, 0.717) is 5.56 Å². The molecule has 1 heterocycles. The Hall–Kier alpha value is -3.22. The predicted octanol–water partition coefficient (Wildman–Crippen LogP) is 3.79. The number of hydrogen-bond acceptors (Lipinski definition) is 4. The van der Waals surface area contributed by atoms with Crippen LogP contribution in [0.5, 0.6) is 0 Å². The van der Waals surface area contributed by atoms with Crippen LogP contribution in [-0.4, -0.2) is 21.4 Å². The van der Waals surface area contributed by atoms with E-state index in [9.17, 15) is 20.2 Å². The van der Waals surface area contributed by atoms with Crippen LogP contribution < -0.4 is 0 Å². The van der Waals surface area contributed by atoms with Gasteiger partial charge in [-0.1, -0.05) is 30.3 Å². The van der Waals surface area contributed by atoms with Gasteiger partial charge in [-0.05, 0) is 24.1 Å². The van der Waals surface area contributed by atoms with Gasteiger partial charge in [-0.3, -0.25) is 20.2 Å². The maximum atomic E-state index is 11.2. The summed E-state index contributed by atoms with van der Waals surface area (Å²) in [6, 6.07) is 13.6. The first-order valence-corrected chi connectivity index (χ1v) is 7.40. The van der Waals surface area contributed by atoms with Gasteiger partial charge >= 0.3 is 0 Å². The van der Waals surface area contributed by atoms with Crippen molar-refractivity contribution in [1.29, 1.82) is 0 Å². The van der Waals surface area contributed by atoms with Gasteiger partial charge < -0.3 is 4.98 Å². The summed E-state index contributed by atoms with van der Waals surface area (Å²) in [5.74, 6) is -0.475. The number of hydrogen-bond donors (Lipinski definition) is 1. The number of rotatable bonds is 5. The number of H-pyrrole nitrogens is 1. The molecule has 1 aromatic heterocycles. The average Bonchev–Trinajstić information content (AvgIpc) is 2.88. The zero-order valence-electron chi connectivity index (χ0n) is 12.9. The zero-order chi connectivity index (χ0) is 17.3. The third kappa shape index (κ3) is 2.83. The number of aromatic amines is 1. The minimum Gasteiger partial charge on any atom is -0.358 e. The molecule has 0 aliphatic rings. The third-order valence-corrected chi connectivity index (χ3v) is 4.13. The topological polar surface area (TPSA) is 102 Å². The number of benzene rings is 2. The maximum Gasteiger partial charge on any atom is 0.269 e. The van der Waals surface area contributed by atoms with Gasteiger partial charge in [0.1, 0.15) is 0 Å². The van der Waals surface area contributed by atoms with E-state index in [2.05, 4.69) is 4.98 Å². The first kappa shape index (κ1) is 15.7. The molecule has 7 nitrogen and oxygen atoms in total. The summed E-state index contributed by atoms with van der Waals surface area (Å²) in [4.78, 5) is 24.4. The molecule has 3 rings (SSSR count). The van der Waals surface area contributed by atoms with Gasteiger partial charge in [0, 0.05) is 33.7 Å². The lowest BCUT2D eigenvalue weighted by Crippen LogP contribution is -2.14. The van der Waals surface area contributed by atoms with Crippen molar-refractivity contribution in [2.75, 3.05) is 6.54 Å². The lowest BCUT2D eigenvalue weighted by Gasteiger charge is -2.14. The van der Waals surface area contributed by atoms with Crippen LogP contribution in [0.25, 0.3) is 10.9 Å².